The van der Waals surface area contributed by atoms with Crippen LogP contribution in [-0.2, 0) is 14.8 Å². The molecule has 1 N–H and O–H groups in total. The van der Waals surface area contributed by atoms with Crippen molar-refractivity contribution in [1.29, 1.82) is 0 Å². The second kappa shape index (κ2) is 8.79. The summed E-state index contributed by atoms with van der Waals surface area (Å²) in [6, 6.07) is 10.9. The Morgan fingerprint density at radius 3 is 2.63 bits per heavy atom. The highest BCUT2D eigenvalue weighted by atomic mass is 79.9. The highest BCUT2D eigenvalue weighted by molar-refractivity contribution is 9.10. The van der Waals surface area contributed by atoms with Crippen molar-refractivity contribution in [2.45, 2.75) is 17.9 Å². The molecule has 0 aromatic heterocycles. The van der Waals surface area contributed by atoms with E-state index < -0.39 is 10.0 Å². The molecule has 1 unspecified atom stereocenters. The zero-order valence-corrected chi connectivity index (χ0v) is 17.4. The zero-order chi connectivity index (χ0) is 19.4. The molecule has 2 aromatic rings. The molecular weight excluding hydrogens is 435 g/mol. The van der Waals surface area contributed by atoms with Gasteiger partial charge in [-0.15, -0.1) is 0 Å². The topological polar surface area (TPSA) is 58.6 Å². The molecule has 27 heavy (non-hydrogen) atoms. The van der Waals surface area contributed by atoms with Crippen molar-refractivity contribution in [3.05, 3.63) is 63.9 Å². The fourth-order valence-corrected chi connectivity index (χ4v) is 4.49. The van der Waals surface area contributed by atoms with Crippen molar-refractivity contribution in [3.63, 3.8) is 0 Å². The first-order chi connectivity index (χ1) is 12.9. The van der Waals surface area contributed by atoms with Crippen molar-refractivity contribution in [2.24, 2.45) is 0 Å². The molecule has 1 aliphatic heterocycles. The highest BCUT2D eigenvalue weighted by Gasteiger charge is 2.25. The Labute approximate surface area is 167 Å². The first kappa shape index (κ1) is 20.4. The Hall–Kier alpha value is -1.32. The lowest BCUT2D eigenvalue weighted by Gasteiger charge is -2.34. The molecule has 0 spiro atoms. The van der Waals surface area contributed by atoms with Crippen LogP contribution in [0.4, 0.5) is 4.39 Å². The number of nitrogens with zero attached hydrogens (tertiary/aromatic N) is 1. The summed E-state index contributed by atoms with van der Waals surface area (Å²) < 4.78 is 48.1. The van der Waals surface area contributed by atoms with Crippen molar-refractivity contribution in [1.82, 2.24) is 9.62 Å². The molecule has 8 heteroatoms. The third-order valence-corrected chi connectivity index (χ3v) is 6.94. The number of hydrogen-bond donors (Lipinski definition) is 1. The molecule has 0 radical (unpaired) electrons. The van der Waals surface area contributed by atoms with Gasteiger partial charge in [-0.3, -0.25) is 4.90 Å². The van der Waals surface area contributed by atoms with E-state index in [9.17, 15) is 12.8 Å². The Kier molecular flexibility index (Phi) is 6.65. The molecule has 1 heterocycles. The fraction of sp³-hybridized carbons (Fsp3) is 0.368. The summed E-state index contributed by atoms with van der Waals surface area (Å²) in [5, 5.41) is 0. The van der Waals surface area contributed by atoms with Crippen LogP contribution < -0.4 is 4.72 Å². The monoisotopic (exact) mass is 456 g/mol. The van der Waals surface area contributed by atoms with Gasteiger partial charge in [-0.25, -0.2) is 17.5 Å². The summed E-state index contributed by atoms with van der Waals surface area (Å²) in [5.74, 6) is -0.336. The summed E-state index contributed by atoms with van der Waals surface area (Å²) in [6.07, 6.45) is 0. The Morgan fingerprint density at radius 2 is 1.96 bits per heavy atom. The van der Waals surface area contributed by atoms with Crippen LogP contribution in [-0.4, -0.2) is 46.2 Å². The molecule has 1 saturated heterocycles. The quantitative estimate of drug-likeness (QED) is 0.724. The average molecular weight is 457 g/mol. The standard InChI is InChI=1S/C19H22BrFN2O3S/c1-14-11-17(5-6-18(14)20)27(24,25)22-13-19(23-7-9-26-10-8-23)15-3-2-4-16(21)12-15/h2-6,11-12,19,22H,7-10,13H2,1H3. The normalized spacial score (nSPS) is 17.0. The van der Waals surface area contributed by atoms with Crippen molar-refractivity contribution in [3.8, 4) is 0 Å². The molecule has 3 rings (SSSR count). The fourth-order valence-electron chi connectivity index (χ4n) is 3.12. The third-order valence-electron chi connectivity index (χ3n) is 4.63. The van der Waals surface area contributed by atoms with Crippen LogP contribution in [0.15, 0.2) is 51.8 Å². The number of nitrogens with one attached hydrogen (secondary N) is 1. The lowest BCUT2D eigenvalue weighted by Crippen LogP contribution is -2.43. The van der Waals surface area contributed by atoms with Gasteiger partial charge in [0.05, 0.1) is 18.1 Å². The first-order valence-electron chi connectivity index (χ1n) is 8.70. The second-order valence-electron chi connectivity index (χ2n) is 6.48. The van der Waals surface area contributed by atoms with Gasteiger partial charge in [0, 0.05) is 30.1 Å². The molecule has 5 nitrogen and oxygen atoms in total. The van der Waals surface area contributed by atoms with Crippen molar-refractivity contribution >= 4 is 26.0 Å². The molecule has 0 aliphatic carbocycles. The Morgan fingerprint density at radius 1 is 1.22 bits per heavy atom. The smallest absolute Gasteiger partial charge is 0.240 e. The summed E-state index contributed by atoms with van der Waals surface area (Å²) in [4.78, 5) is 2.33. The predicted octanol–water partition coefficient (Wildman–Crippen LogP) is 3.25. The van der Waals surface area contributed by atoms with E-state index in [1.54, 1.807) is 24.3 Å². The molecule has 146 valence electrons. The molecule has 0 bridgehead atoms. The predicted molar refractivity (Wildman–Crippen MR) is 106 cm³/mol. The first-order valence-corrected chi connectivity index (χ1v) is 11.0. The average Bonchev–Trinajstić information content (AvgIpc) is 2.65. The minimum absolute atomic E-state index is 0.154. The Balaban J connectivity index is 1.82. The summed E-state index contributed by atoms with van der Waals surface area (Å²) in [6.45, 7) is 4.48. The van der Waals surface area contributed by atoms with Gasteiger partial charge in [0.15, 0.2) is 0 Å². The minimum atomic E-state index is -3.67. The maximum absolute atomic E-state index is 13.7. The summed E-state index contributed by atoms with van der Waals surface area (Å²) in [5.41, 5.74) is 1.58. The van der Waals surface area contributed by atoms with E-state index in [0.29, 0.717) is 26.3 Å². The van der Waals surface area contributed by atoms with E-state index in [-0.39, 0.29) is 23.3 Å². The minimum Gasteiger partial charge on any atom is -0.379 e. The van der Waals surface area contributed by atoms with Gasteiger partial charge in [0.2, 0.25) is 10.0 Å². The lowest BCUT2D eigenvalue weighted by molar-refractivity contribution is 0.0171. The van der Waals surface area contributed by atoms with E-state index >= 15 is 0 Å². The van der Waals surface area contributed by atoms with Crippen LogP contribution in [0, 0.1) is 12.7 Å². The van der Waals surface area contributed by atoms with E-state index in [0.717, 1.165) is 15.6 Å². The number of aryl methyl sites for hydroxylation is 1. The van der Waals surface area contributed by atoms with Gasteiger partial charge in [-0.1, -0.05) is 28.1 Å². The van der Waals surface area contributed by atoms with Gasteiger partial charge in [0.25, 0.3) is 0 Å². The number of rotatable bonds is 6. The van der Waals surface area contributed by atoms with Crippen LogP contribution in [0.25, 0.3) is 0 Å². The number of halogens is 2. The molecule has 0 amide bonds. The van der Waals surface area contributed by atoms with Gasteiger partial charge in [-0.05, 0) is 48.4 Å². The SMILES string of the molecule is Cc1cc(S(=O)(=O)NCC(c2cccc(F)c2)N2CCOCC2)ccc1Br. The maximum atomic E-state index is 13.7. The number of hydrogen-bond acceptors (Lipinski definition) is 4. The van der Waals surface area contributed by atoms with Crippen LogP contribution in [0.2, 0.25) is 0 Å². The molecule has 0 saturated carbocycles. The van der Waals surface area contributed by atoms with Crippen LogP contribution >= 0.6 is 15.9 Å². The highest BCUT2D eigenvalue weighted by Crippen LogP contribution is 2.24. The lowest BCUT2D eigenvalue weighted by atomic mass is 10.0. The van der Waals surface area contributed by atoms with Gasteiger partial charge >= 0.3 is 0 Å². The molecule has 1 aliphatic rings. The van der Waals surface area contributed by atoms with E-state index in [1.165, 1.54) is 12.1 Å². The van der Waals surface area contributed by atoms with Crippen molar-refractivity contribution < 1.29 is 17.5 Å². The molecular formula is C19H22BrFN2O3S. The largest absolute Gasteiger partial charge is 0.379 e. The van der Waals surface area contributed by atoms with Gasteiger partial charge in [0.1, 0.15) is 5.82 Å². The number of ether oxygens (including phenoxy) is 1. The van der Waals surface area contributed by atoms with Crippen molar-refractivity contribution in [2.75, 3.05) is 32.8 Å². The van der Waals surface area contributed by atoms with E-state index in [2.05, 4.69) is 25.6 Å². The third kappa shape index (κ3) is 5.14. The van der Waals surface area contributed by atoms with E-state index in [1.807, 2.05) is 13.0 Å². The second-order valence-corrected chi connectivity index (χ2v) is 9.10. The number of sulfonamides is 1. The molecule has 2 aromatic carbocycles. The Bertz CT molecular complexity index is 902. The van der Waals surface area contributed by atoms with Crippen LogP contribution in [0.5, 0.6) is 0 Å². The molecule has 1 fully saturated rings. The number of morpholine rings is 1. The summed E-state index contributed by atoms with van der Waals surface area (Å²) in [7, 11) is -3.67. The zero-order valence-electron chi connectivity index (χ0n) is 15.0. The molecule has 1 atom stereocenters. The van der Waals surface area contributed by atoms with Crippen LogP contribution in [0.1, 0.15) is 17.2 Å². The number of benzene rings is 2. The summed E-state index contributed by atoms with van der Waals surface area (Å²) >= 11 is 3.38. The van der Waals surface area contributed by atoms with Gasteiger partial charge < -0.3 is 4.74 Å². The maximum Gasteiger partial charge on any atom is 0.240 e. The van der Waals surface area contributed by atoms with Gasteiger partial charge in [-0.2, -0.15) is 0 Å². The van der Waals surface area contributed by atoms with Crippen LogP contribution in [0.3, 0.4) is 0 Å². The van der Waals surface area contributed by atoms with E-state index in [4.69, 9.17) is 4.74 Å².